The largest absolute Gasteiger partial charge is 0.490 e. The van der Waals surface area contributed by atoms with E-state index in [0.29, 0.717) is 6.54 Å². The summed E-state index contributed by atoms with van der Waals surface area (Å²) in [6, 6.07) is 14.2. The third-order valence-electron chi connectivity index (χ3n) is 4.12. The zero-order valence-corrected chi connectivity index (χ0v) is 13.9. The molecule has 0 saturated carbocycles. The summed E-state index contributed by atoms with van der Waals surface area (Å²) in [4.78, 5) is 0. The van der Waals surface area contributed by atoms with Gasteiger partial charge >= 0.3 is 0 Å². The number of imidazole rings is 1. The van der Waals surface area contributed by atoms with Crippen molar-refractivity contribution < 1.29 is 14.4 Å². The van der Waals surface area contributed by atoms with Crippen LogP contribution in [0.5, 0.6) is 5.75 Å². The summed E-state index contributed by atoms with van der Waals surface area (Å²) in [6.45, 7) is 4.83. The van der Waals surface area contributed by atoms with E-state index in [1.165, 1.54) is 0 Å². The molecule has 2 aromatic carbocycles. The van der Waals surface area contributed by atoms with Crippen molar-refractivity contribution in [2.75, 3.05) is 6.61 Å². The highest BCUT2D eigenvalue weighted by Crippen LogP contribution is 2.22. The molecule has 0 bridgehead atoms. The van der Waals surface area contributed by atoms with Crippen LogP contribution >= 0.6 is 0 Å². The van der Waals surface area contributed by atoms with Crippen LogP contribution in [0, 0.1) is 13.8 Å². The maximum Gasteiger partial charge on any atom is 0.244 e. The molecule has 1 atom stereocenters. The van der Waals surface area contributed by atoms with Gasteiger partial charge in [-0.3, -0.25) is 0 Å². The quantitative estimate of drug-likeness (QED) is 0.735. The minimum atomic E-state index is -0.565. The van der Waals surface area contributed by atoms with Crippen molar-refractivity contribution in [3.63, 3.8) is 0 Å². The van der Waals surface area contributed by atoms with Gasteiger partial charge in [-0.25, -0.2) is 9.13 Å². The Balaban J connectivity index is 1.71. The minimum absolute atomic E-state index is 0.280. The first-order chi connectivity index (χ1) is 11.1. The number of hydrogen-bond acceptors (Lipinski definition) is 2. The van der Waals surface area contributed by atoms with E-state index >= 15 is 0 Å². The lowest BCUT2D eigenvalue weighted by Crippen LogP contribution is -2.27. The average molecular weight is 311 g/mol. The molecular formula is C19H23N2O2+. The second kappa shape index (κ2) is 6.42. The molecule has 0 amide bonds. The number of rotatable bonds is 5. The predicted molar refractivity (Wildman–Crippen MR) is 90.5 cm³/mol. The lowest BCUT2D eigenvalue weighted by Gasteiger charge is -2.14. The number of aromatic nitrogens is 2. The van der Waals surface area contributed by atoms with E-state index in [1.54, 1.807) is 0 Å². The Morgan fingerprint density at radius 2 is 1.78 bits per heavy atom. The van der Waals surface area contributed by atoms with Crippen molar-refractivity contribution in [3.8, 4) is 5.75 Å². The molecule has 3 aromatic rings. The Morgan fingerprint density at radius 1 is 1.09 bits per heavy atom. The Labute approximate surface area is 136 Å². The van der Waals surface area contributed by atoms with Gasteiger partial charge < -0.3 is 9.84 Å². The van der Waals surface area contributed by atoms with Crippen molar-refractivity contribution in [2.24, 2.45) is 7.05 Å². The maximum atomic E-state index is 10.4. The summed E-state index contributed by atoms with van der Waals surface area (Å²) in [5, 5.41) is 10.4. The number of nitrogens with zero attached hydrogens (tertiary/aromatic N) is 2. The Morgan fingerprint density at radius 3 is 2.52 bits per heavy atom. The van der Waals surface area contributed by atoms with Gasteiger partial charge in [-0.05, 0) is 37.1 Å². The molecular weight excluding hydrogens is 288 g/mol. The summed E-state index contributed by atoms with van der Waals surface area (Å²) in [5.41, 5.74) is 4.45. The van der Waals surface area contributed by atoms with E-state index in [0.717, 1.165) is 27.9 Å². The van der Waals surface area contributed by atoms with Gasteiger partial charge in [0.2, 0.25) is 6.33 Å². The first-order valence-electron chi connectivity index (χ1n) is 7.87. The summed E-state index contributed by atoms with van der Waals surface area (Å²) in [6.07, 6.45) is 1.44. The lowest BCUT2D eigenvalue weighted by molar-refractivity contribution is -0.645. The minimum Gasteiger partial charge on any atom is -0.490 e. The summed E-state index contributed by atoms with van der Waals surface area (Å²) in [7, 11) is 2.01. The standard InChI is InChI=1S/C19H23N2O2/c1-14-7-6-8-15(2)19(14)23-12-16(22)11-21-13-20(3)17-9-4-5-10-18(17)21/h4-10,13,16,22H,11-12H2,1-3H3/q+1/t16-/m1/s1. The summed E-state index contributed by atoms with van der Waals surface area (Å²) in [5.74, 6) is 0.870. The molecule has 0 saturated heterocycles. The van der Waals surface area contributed by atoms with Crippen LogP contribution < -0.4 is 9.30 Å². The van der Waals surface area contributed by atoms with E-state index < -0.39 is 6.10 Å². The van der Waals surface area contributed by atoms with Crippen molar-refractivity contribution >= 4 is 11.0 Å². The number of hydrogen-bond donors (Lipinski definition) is 1. The van der Waals surface area contributed by atoms with Gasteiger partial charge in [0.25, 0.3) is 0 Å². The van der Waals surface area contributed by atoms with Gasteiger partial charge in [0.15, 0.2) is 11.0 Å². The zero-order chi connectivity index (χ0) is 16.4. The number of benzene rings is 2. The third kappa shape index (κ3) is 3.22. The SMILES string of the molecule is Cc1cccc(C)c1OC[C@H](O)Cn1c[n+](C)c2ccccc21. The van der Waals surface area contributed by atoms with E-state index in [9.17, 15) is 5.11 Å². The van der Waals surface area contributed by atoms with Gasteiger partial charge in [-0.15, -0.1) is 0 Å². The number of aliphatic hydroxyl groups is 1. The molecule has 23 heavy (non-hydrogen) atoms. The highest BCUT2D eigenvalue weighted by atomic mass is 16.5. The van der Waals surface area contributed by atoms with Crippen molar-refractivity contribution in [1.29, 1.82) is 0 Å². The molecule has 0 fully saturated rings. The molecule has 0 unspecified atom stereocenters. The smallest absolute Gasteiger partial charge is 0.244 e. The molecule has 1 N–H and O–H groups in total. The fourth-order valence-electron chi connectivity index (χ4n) is 2.97. The molecule has 120 valence electrons. The first-order valence-corrected chi connectivity index (χ1v) is 7.87. The maximum absolute atomic E-state index is 10.4. The molecule has 3 rings (SSSR count). The molecule has 4 nitrogen and oxygen atoms in total. The van der Waals surface area contributed by atoms with Crippen LogP contribution in [0.4, 0.5) is 0 Å². The van der Waals surface area contributed by atoms with Crippen LogP contribution in [0.25, 0.3) is 11.0 Å². The van der Waals surface area contributed by atoms with Crippen LogP contribution in [-0.2, 0) is 13.6 Å². The Hall–Kier alpha value is -2.33. The number of aliphatic hydroxyl groups excluding tert-OH is 1. The van der Waals surface area contributed by atoms with Crippen molar-refractivity contribution in [2.45, 2.75) is 26.5 Å². The summed E-state index contributed by atoms with van der Waals surface area (Å²) >= 11 is 0. The fourth-order valence-corrected chi connectivity index (χ4v) is 2.97. The normalized spacial score (nSPS) is 12.5. The fraction of sp³-hybridized carbons (Fsp3) is 0.316. The van der Waals surface area contributed by atoms with E-state index in [-0.39, 0.29) is 6.61 Å². The number of para-hydroxylation sites is 3. The Kier molecular flexibility index (Phi) is 4.35. The highest BCUT2D eigenvalue weighted by molar-refractivity contribution is 5.71. The second-order valence-corrected chi connectivity index (χ2v) is 6.05. The van der Waals surface area contributed by atoms with E-state index in [1.807, 2.05) is 57.6 Å². The van der Waals surface area contributed by atoms with Gasteiger partial charge in [0, 0.05) is 0 Å². The molecule has 0 aliphatic carbocycles. The lowest BCUT2D eigenvalue weighted by atomic mass is 10.1. The number of aryl methyl sites for hydroxylation is 3. The molecule has 1 heterocycles. The van der Waals surface area contributed by atoms with Crippen LogP contribution in [0.1, 0.15) is 11.1 Å². The number of fused-ring (bicyclic) bond motifs is 1. The van der Waals surface area contributed by atoms with E-state index in [4.69, 9.17) is 4.74 Å². The molecule has 0 spiro atoms. The van der Waals surface area contributed by atoms with Crippen molar-refractivity contribution in [3.05, 3.63) is 59.9 Å². The summed E-state index contributed by atoms with van der Waals surface area (Å²) < 4.78 is 9.98. The topological polar surface area (TPSA) is 38.3 Å². The molecule has 0 aliphatic rings. The van der Waals surface area contributed by atoms with Gasteiger partial charge in [-0.1, -0.05) is 30.3 Å². The second-order valence-electron chi connectivity index (χ2n) is 6.05. The van der Waals surface area contributed by atoms with Gasteiger partial charge in [-0.2, -0.15) is 0 Å². The average Bonchev–Trinajstić information content (AvgIpc) is 2.83. The molecule has 0 aliphatic heterocycles. The molecule has 0 radical (unpaired) electrons. The van der Waals surface area contributed by atoms with Gasteiger partial charge in [0.05, 0.1) is 7.05 Å². The zero-order valence-electron chi connectivity index (χ0n) is 13.9. The third-order valence-corrected chi connectivity index (χ3v) is 4.12. The van der Waals surface area contributed by atoms with Crippen molar-refractivity contribution in [1.82, 2.24) is 4.57 Å². The molecule has 1 aromatic heterocycles. The number of ether oxygens (including phenoxy) is 1. The van der Waals surface area contributed by atoms with E-state index in [2.05, 4.69) is 21.3 Å². The highest BCUT2D eigenvalue weighted by Gasteiger charge is 2.17. The first kappa shape index (κ1) is 15.6. The molecule has 4 heteroatoms. The van der Waals surface area contributed by atoms with Crippen LogP contribution in [0.15, 0.2) is 48.8 Å². The predicted octanol–water partition coefficient (Wildman–Crippen LogP) is 2.52. The van der Waals surface area contributed by atoms with Crippen LogP contribution in [0.2, 0.25) is 0 Å². The van der Waals surface area contributed by atoms with Crippen LogP contribution in [0.3, 0.4) is 0 Å². The monoisotopic (exact) mass is 311 g/mol. The van der Waals surface area contributed by atoms with Crippen LogP contribution in [-0.4, -0.2) is 22.4 Å². The Bertz CT molecular complexity index is 803. The van der Waals surface area contributed by atoms with Gasteiger partial charge in [0.1, 0.15) is 25.0 Å².